The molecule has 0 aliphatic heterocycles. The summed E-state index contributed by atoms with van der Waals surface area (Å²) in [5.74, 6) is -0.136. The molecule has 0 aliphatic rings. The van der Waals surface area contributed by atoms with Crippen molar-refractivity contribution in [2.45, 2.75) is 411 Å². The van der Waals surface area contributed by atoms with Gasteiger partial charge < -0.3 is 19.8 Å². The summed E-state index contributed by atoms with van der Waals surface area (Å²) in [7, 11) is 1.64. The van der Waals surface area contributed by atoms with Crippen LogP contribution in [0, 0.1) is 0 Å². The predicted octanol–water partition coefficient (Wildman–Crippen LogP) is 24.2. The predicted molar refractivity (Wildman–Crippen MR) is 369 cm³/mol. The van der Waals surface area contributed by atoms with Gasteiger partial charge in [-0.15, -0.1) is 0 Å². The van der Waals surface area contributed by atoms with Gasteiger partial charge in [-0.1, -0.05) is 372 Å². The van der Waals surface area contributed by atoms with Crippen LogP contribution in [0.2, 0.25) is 0 Å². The maximum Gasteiger partial charge on any atom is 0.472 e. The Kier molecular flexibility index (Phi) is 65.6. The lowest BCUT2D eigenvalue weighted by atomic mass is 10.0. The van der Waals surface area contributed by atoms with E-state index in [1.165, 1.54) is 327 Å². The molecular weight excluding hydrogens is 1060 g/mol. The van der Waals surface area contributed by atoms with E-state index in [9.17, 15) is 19.4 Å². The van der Waals surface area contributed by atoms with Crippen LogP contribution in [-0.4, -0.2) is 73.4 Å². The fourth-order valence-corrected chi connectivity index (χ4v) is 12.6. The summed E-state index contributed by atoms with van der Waals surface area (Å²) in [4.78, 5) is 23.5. The van der Waals surface area contributed by atoms with E-state index in [0.717, 1.165) is 44.9 Å². The van der Waals surface area contributed by atoms with Crippen LogP contribution in [0.15, 0.2) is 24.3 Å². The van der Waals surface area contributed by atoms with Gasteiger partial charge in [0.25, 0.3) is 0 Å². The number of unbranched alkanes of at least 4 members (excludes halogenated alkanes) is 54. The molecule has 0 aliphatic carbocycles. The fourth-order valence-electron chi connectivity index (χ4n) is 11.8. The first-order valence-corrected chi connectivity index (χ1v) is 39.2. The van der Waals surface area contributed by atoms with Crippen molar-refractivity contribution in [2.24, 2.45) is 0 Å². The fraction of sp³-hybridized carbons (Fsp3) is 0.933. The lowest BCUT2D eigenvalue weighted by Gasteiger charge is -2.26. The van der Waals surface area contributed by atoms with Crippen LogP contribution in [0.4, 0.5) is 0 Å². The summed E-state index contributed by atoms with van der Waals surface area (Å²) in [6.45, 7) is 4.96. The van der Waals surface area contributed by atoms with Gasteiger partial charge in [-0.05, 0) is 44.9 Å². The molecule has 3 N–H and O–H groups in total. The van der Waals surface area contributed by atoms with E-state index in [-0.39, 0.29) is 19.1 Å². The number of amides is 1. The minimum atomic E-state index is -4.33. The van der Waals surface area contributed by atoms with E-state index < -0.39 is 20.0 Å². The number of aliphatic hydroxyl groups excluding tert-OH is 1. The summed E-state index contributed by atoms with van der Waals surface area (Å²) in [5, 5.41) is 14.2. The Labute approximate surface area is 525 Å². The van der Waals surface area contributed by atoms with Crippen LogP contribution in [0.25, 0.3) is 0 Å². The molecule has 0 aromatic heterocycles. The maximum atomic E-state index is 13.1. The van der Waals surface area contributed by atoms with Crippen LogP contribution in [0.5, 0.6) is 0 Å². The SMILES string of the molecule is CCCCCCCCCCCCCCCCC/C=C\C/C=C\CCCCCCCCCCCCCCCCCCCC(=O)NC(COP(=O)(O)OCC[N+](C)(C)C)C(O)CCCCCCCCCCCCCCCCCCCCCCCCC. The molecule has 0 bridgehead atoms. The average Bonchev–Trinajstić information content (AvgIpc) is 3.56. The summed E-state index contributed by atoms with van der Waals surface area (Å²) < 4.78 is 23.9. The molecule has 500 valence electrons. The van der Waals surface area contributed by atoms with Gasteiger partial charge in [0, 0.05) is 6.42 Å². The molecule has 84 heavy (non-hydrogen) atoms. The number of rotatable bonds is 71. The second-order valence-corrected chi connectivity index (χ2v) is 28.8. The Hall–Kier alpha value is -1.02. The monoisotopic (exact) mass is 1210 g/mol. The van der Waals surface area contributed by atoms with Crippen LogP contribution >= 0.6 is 7.82 Å². The van der Waals surface area contributed by atoms with E-state index in [1.807, 2.05) is 21.1 Å². The number of carbonyl (C=O) groups excluding carboxylic acids is 1. The standard InChI is InChI=1S/C75H149N2O6P/c1-6-8-10-12-14-16-18-20-22-24-26-28-30-31-32-33-34-35-36-37-38-39-40-41-42-43-44-45-47-49-51-53-55-57-59-61-63-65-67-69-75(79)76-73(72-83-84(80,81)82-71-70-77(3,4)5)74(78)68-66-64-62-60-58-56-54-52-50-48-46-29-27-25-23-21-19-17-15-13-11-9-7-2/h34-35,37-38,73-74,78H,6-33,36,39-72H2,1-5H3,(H-,76,79,80,81)/p+1/b35-34-,38-37-. The van der Waals surface area contributed by atoms with Crippen LogP contribution in [-0.2, 0) is 18.4 Å². The van der Waals surface area contributed by atoms with E-state index in [4.69, 9.17) is 9.05 Å². The van der Waals surface area contributed by atoms with Gasteiger partial charge >= 0.3 is 7.82 Å². The quantitative estimate of drug-likeness (QED) is 0.0243. The summed E-state index contributed by atoms with van der Waals surface area (Å²) in [6, 6.07) is -0.760. The van der Waals surface area contributed by atoms with Crippen LogP contribution < -0.4 is 5.32 Å². The number of allylic oxidation sites excluding steroid dienone is 4. The molecule has 0 saturated carbocycles. The summed E-state index contributed by atoms with van der Waals surface area (Å²) in [5.41, 5.74) is 0. The molecule has 0 spiro atoms. The zero-order valence-corrected chi connectivity index (χ0v) is 58.3. The number of nitrogens with zero attached hydrogens (tertiary/aromatic N) is 1. The van der Waals surface area contributed by atoms with Crippen molar-refractivity contribution >= 4 is 13.7 Å². The highest BCUT2D eigenvalue weighted by Gasteiger charge is 2.28. The van der Waals surface area contributed by atoms with Crippen molar-refractivity contribution in [2.75, 3.05) is 40.9 Å². The molecular formula is C75H150N2O6P+. The maximum absolute atomic E-state index is 13.1. The van der Waals surface area contributed by atoms with Gasteiger partial charge in [-0.25, -0.2) is 4.57 Å². The normalized spacial score (nSPS) is 13.7. The largest absolute Gasteiger partial charge is 0.472 e. The van der Waals surface area contributed by atoms with Crippen molar-refractivity contribution in [1.82, 2.24) is 5.32 Å². The lowest BCUT2D eigenvalue weighted by Crippen LogP contribution is -2.46. The Morgan fingerprint density at radius 1 is 0.405 bits per heavy atom. The number of phosphoric acid groups is 1. The molecule has 8 nitrogen and oxygen atoms in total. The lowest BCUT2D eigenvalue weighted by molar-refractivity contribution is -0.870. The van der Waals surface area contributed by atoms with Crippen LogP contribution in [0.1, 0.15) is 399 Å². The van der Waals surface area contributed by atoms with Crippen molar-refractivity contribution < 1.29 is 32.9 Å². The van der Waals surface area contributed by atoms with Gasteiger partial charge in [0.2, 0.25) is 5.91 Å². The smallest absolute Gasteiger partial charge is 0.391 e. The first-order chi connectivity index (χ1) is 41.0. The Balaban J connectivity index is 3.92. The molecule has 0 radical (unpaired) electrons. The van der Waals surface area contributed by atoms with Gasteiger partial charge in [0.1, 0.15) is 13.2 Å². The molecule has 0 fully saturated rings. The number of phosphoric ester groups is 1. The second-order valence-electron chi connectivity index (χ2n) is 27.4. The van der Waals surface area contributed by atoms with E-state index >= 15 is 0 Å². The zero-order chi connectivity index (χ0) is 61.2. The molecule has 0 aromatic rings. The number of nitrogens with one attached hydrogen (secondary N) is 1. The number of quaternary nitrogens is 1. The Morgan fingerprint density at radius 3 is 0.976 bits per heavy atom. The van der Waals surface area contributed by atoms with Gasteiger partial charge in [0.15, 0.2) is 0 Å². The second kappa shape index (κ2) is 66.4. The van der Waals surface area contributed by atoms with Gasteiger partial charge in [-0.2, -0.15) is 0 Å². The zero-order valence-electron chi connectivity index (χ0n) is 57.4. The summed E-state index contributed by atoms with van der Waals surface area (Å²) >= 11 is 0. The van der Waals surface area contributed by atoms with Crippen molar-refractivity contribution in [3.8, 4) is 0 Å². The molecule has 0 saturated heterocycles. The van der Waals surface area contributed by atoms with Crippen molar-refractivity contribution in [1.29, 1.82) is 0 Å². The van der Waals surface area contributed by atoms with E-state index in [0.29, 0.717) is 23.9 Å². The topological polar surface area (TPSA) is 105 Å². The Bertz CT molecular complexity index is 1420. The highest BCUT2D eigenvalue weighted by Crippen LogP contribution is 2.43. The first kappa shape index (κ1) is 83.0. The number of hydrogen-bond acceptors (Lipinski definition) is 5. The highest BCUT2D eigenvalue weighted by molar-refractivity contribution is 7.47. The number of hydrogen-bond donors (Lipinski definition) is 3. The third-order valence-electron chi connectivity index (χ3n) is 17.7. The molecule has 3 unspecified atom stereocenters. The first-order valence-electron chi connectivity index (χ1n) is 37.7. The minimum Gasteiger partial charge on any atom is -0.391 e. The van der Waals surface area contributed by atoms with Crippen molar-refractivity contribution in [3.63, 3.8) is 0 Å². The molecule has 0 rings (SSSR count). The number of carbonyl (C=O) groups is 1. The van der Waals surface area contributed by atoms with Gasteiger partial charge in [0.05, 0.1) is 39.9 Å². The Morgan fingerprint density at radius 2 is 0.679 bits per heavy atom. The van der Waals surface area contributed by atoms with Crippen molar-refractivity contribution in [3.05, 3.63) is 24.3 Å². The molecule has 3 atom stereocenters. The third kappa shape index (κ3) is 68.5. The molecule has 9 heteroatoms. The molecule has 1 amide bonds. The van der Waals surface area contributed by atoms with Crippen LogP contribution in [0.3, 0.4) is 0 Å². The van der Waals surface area contributed by atoms with E-state index in [2.05, 4.69) is 43.5 Å². The minimum absolute atomic E-state index is 0.0773. The average molecular weight is 1210 g/mol. The number of likely N-dealkylation sites (N-methyl/N-ethyl adjacent to an activating group) is 1. The molecule has 0 aromatic carbocycles. The number of aliphatic hydroxyl groups is 1. The third-order valence-corrected chi connectivity index (χ3v) is 18.7. The molecule has 0 heterocycles. The van der Waals surface area contributed by atoms with E-state index in [1.54, 1.807) is 0 Å². The van der Waals surface area contributed by atoms with Gasteiger partial charge in [-0.3, -0.25) is 13.8 Å². The highest BCUT2D eigenvalue weighted by atomic mass is 31.2. The summed E-state index contributed by atoms with van der Waals surface area (Å²) in [6.07, 6.45) is 87.4.